The minimum absolute atomic E-state index is 0.0938. The summed E-state index contributed by atoms with van der Waals surface area (Å²) >= 11 is 0. The van der Waals surface area contributed by atoms with E-state index in [1.54, 1.807) is 0 Å². The fourth-order valence-electron chi connectivity index (χ4n) is 2.23. The van der Waals surface area contributed by atoms with Crippen molar-refractivity contribution in [3.63, 3.8) is 0 Å². The van der Waals surface area contributed by atoms with Crippen molar-refractivity contribution >= 4 is 5.69 Å². The Morgan fingerprint density at radius 2 is 2.06 bits per heavy atom. The molecule has 0 aromatic heterocycles. The Bertz CT molecular complexity index is 334. The molecule has 1 aromatic carbocycles. The van der Waals surface area contributed by atoms with Crippen LogP contribution in [0.4, 0.5) is 5.69 Å². The second-order valence-electron chi connectivity index (χ2n) is 4.56. The van der Waals surface area contributed by atoms with E-state index in [1.165, 1.54) is 5.69 Å². The normalized spacial score (nSPS) is 22.4. The van der Waals surface area contributed by atoms with Gasteiger partial charge in [-0.2, -0.15) is 0 Å². The van der Waals surface area contributed by atoms with E-state index in [2.05, 4.69) is 4.90 Å². The van der Waals surface area contributed by atoms with E-state index in [-0.39, 0.29) is 12.7 Å². The maximum absolute atomic E-state index is 9.54. The van der Waals surface area contributed by atoms with Crippen molar-refractivity contribution in [1.29, 1.82) is 0 Å². The molecule has 1 aliphatic rings. The molecule has 2 rings (SSSR count). The number of hydrogen-bond acceptors (Lipinski definition) is 3. The van der Waals surface area contributed by atoms with Gasteiger partial charge in [-0.1, -0.05) is 12.1 Å². The average molecular weight is 221 g/mol. The van der Waals surface area contributed by atoms with Crippen LogP contribution in [0.5, 0.6) is 0 Å². The van der Waals surface area contributed by atoms with Crippen LogP contribution in [0.3, 0.4) is 0 Å². The second kappa shape index (κ2) is 4.85. The molecule has 0 saturated carbocycles. The van der Waals surface area contributed by atoms with Gasteiger partial charge in [-0.05, 0) is 31.0 Å². The first-order valence-corrected chi connectivity index (χ1v) is 5.83. The number of nitrogens with zero attached hydrogens (tertiary/aromatic N) is 1. The first kappa shape index (κ1) is 11.4. The monoisotopic (exact) mass is 221 g/mol. The summed E-state index contributed by atoms with van der Waals surface area (Å²) in [5.41, 5.74) is 2.12. The number of aliphatic hydroxyl groups excluding tert-OH is 2. The van der Waals surface area contributed by atoms with Gasteiger partial charge in [0.25, 0.3) is 0 Å². The van der Waals surface area contributed by atoms with Crippen molar-refractivity contribution in [2.24, 2.45) is 5.92 Å². The fraction of sp³-hybridized carbons (Fsp3) is 0.538. The summed E-state index contributed by atoms with van der Waals surface area (Å²) in [5, 5.41) is 18.5. The van der Waals surface area contributed by atoms with Crippen LogP contribution in [0.2, 0.25) is 0 Å². The maximum atomic E-state index is 9.54. The molecular formula is C13H19NO2. The highest BCUT2D eigenvalue weighted by Crippen LogP contribution is 2.25. The van der Waals surface area contributed by atoms with E-state index in [9.17, 15) is 5.11 Å². The summed E-state index contributed by atoms with van der Waals surface area (Å²) < 4.78 is 0. The SMILES string of the molecule is CC(O)C1CCN(c2ccc(CO)cc2)C1. The molecule has 2 N–H and O–H groups in total. The lowest BCUT2D eigenvalue weighted by atomic mass is 10.0. The zero-order valence-corrected chi connectivity index (χ0v) is 9.63. The largest absolute Gasteiger partial charge is 0.393 e. The highest BCUT2D eigenvalue weighted by Gasteiger charge is 2.25. The number of benzene rings is 1. The Labute approximate surface area is 96.3 Å². The van der Waals surface area contributed by atoms with E-state index in [0.717, 1.165) is 25.1 Å². The zero-order valence-electron chi connectivity index (χ0n) is 9.63. The Balaban J connectivity index is 2.03. The van der Waals surface area contributed by atoms with Crippen LogP contribution in [0, 0.1) is 5.92 Å². The van der Waals surface area contributed by atoms with Crippen LogP contribution >= 0.6 is 0 Å². The predicted molar refractivity (Wildman–Crippen MR) is 64.4 cm³/mol. The predicted octanol–water partition coefficient (Wildman–Crippen LogP) is 1.39. The smallest absolute Gasteiger partial charge is 0.0681 e. The lowest BCUT2D eigenvalue weighted by molar-refractivity contribution is 0.136. The molecule has 2 atom stereocenters. The number of hydrogen-bond donors (Lipinski definition) is 2. The van der Waals surface area contributed by atoms with Crippen molar-refractivity contribution in [2.75, 3.05) is 18.0 Å². The molecule has 1 saturated heterocycles. The third-order valence-electron chi connectivity index (χ3n) is 3.39. The van der Waals surface area contributed by atoms with Crippen LogP contribution in [0.15, 0.2) is 24.3 Å². The molecule has 16 heavy (non-hydrogen) atoms. The van der Waals surface area contributed by atoms with E-state index in [4.69, 9.17) is 5.11 Å². The van der Waals surface area contributed by atoms with Gasteiger partial charge in [0.2, 0.25) is 0 Å². The zero-order chi connectivity index (χ0) is 11.5. The van der Waals surface area contributed by atoms with Crippen LogP contribution in [-0.4, -0.2) is 29.4 Å². The Morgan fingerprint density at radius 3 is 2.56 bits per heavy atom. The molecule has 0 amide bonds. The lowest BCUT2D eigenvalue weighted by Gasteiger charge is -2.19. The number of aliphatic hydroxyl groups is 2. The molecule has 1 aliphatic heterocycles. The van der Waals surface area contributed by atoms with Gasteiger partial charge in [0, 0.05) is 24.7 Å². The van der Waals surface area contributed by atoms with Gasteiger partial charge in [0.1, 0.15) is 0 Å². The summed E-state index contributed by atoms with van der Waals surface area (Å²) in [4.78, 5) is 2.29. The molecule has 3 nitrogen and oxygen atoms in total. The first-order chi connectivity index (χ1) is 7.70. The van der Waals surface area contributed by atoms with Crippen molar-refractivity contribution < 1.29 is 10.2 Å². The molecule has 0 radical (unpaired) electrons. The van der Waals surface area contributed by atoms with Crippen LogP contribution in [-0.2, 0) is 6.61 Å². The molecule has 0 aliphatic carbocycles. The quantitative estimate of drug-likeness (QED) is 0.810. The number of anilines is 1. The minimum Gasteiger partial charge on any atom is -0.393 e. The summed E-state index contributed by atoms with van der Waals surface area (Å²) in [6.45, 7) is 3.89. The van der Waals surface area contributed by atoms with Crippen molar-refractivity contribution in [2.45, 2.75) is 26.1 Å². The molecule has 2 unspecified atom stereocenters. The molecule has 1 heterocycles. The Kier molecular flexibility index (Phi) is 3.46. The average Bonchev–Trinajstić information content (AvgIpc) is 2.78. The highest BCUT2D eigenvalue weighted by molar-refractivity contribution is 5.48. The highest BCUT2D eigenvalue weighted by atomic mass is 16.3. The molecular weight excluding hydrogens is 202 g/mol. The van der Waals surface area contributed by atoms with Crippen LogP contribution in [0.1, 0.15) is 18.9 Å². The second-order valence-corrected chi connectivity index (χ2v) is 4.56. The standard InChI is InChI=1S/C13H19NO2/c1-10(16)12-6-7-14(8-12)13-4-2-11(9-15)3-5-13/h2-5,10,12,15-16H,6-9H2,1H3. The van der Waals surface area contributed by atoms with Gasteiger partial charge < -0.3 is 15.1 Å². The molecule has 3 heteroatoms. The molecule has 88 valence electrons. The Morgan fingerprint density at radius 1 is 1.38 bits per heavy atom. The van der Waals surface area contributed by atoms with E-state index in [0.29, 0.717) is 5.92 Å². The van der Waals surface area contributed by atoms with Gasteiger partial charge in [-0.15, -0.1) is 0 Å². The molecule has 0 bridgehead atoms. The van der Waals surface area contributed by atoms with Gasteiger partial charge in [-0.3, -0.25) is 0 Å². The summed E-state index contributed by atoms with van der Waals surface area (Å²) in [6.07, 6.45) is 0.834. The Hall–Kier alpha value is -1.06. The fourth-order valence-corrected chi connectivity index (χ4v) is 2.23. The van der Waals surface area contributed by atoms with E-state index >= 15 is 0 Å². The van der Waals surface area contributed by atoms with Crippen molar-refractivity contribution in [3.8, 4) is 0 Å². The molecule has 0 spiro atoms. The summed E-state index contributed by atoms with van der Waals surface area (Å²) in [6, 6.07) is 7.97. The van der Waals surface area contributed by atoms with Gasteiger partial charge in [-0.25, -0.2) is 0 Å². The third kappa shape index (κ3) is 2.36. The van der Waals surface area contributed by atoms with Gasteiger partial charge >= 0.3 is 0 Å². The van der Waals surface area contributed by atoms with E-state index in [1.807, 2.05) is 31.2 Å². The van der Waals surface area contributed by atoms with Crippen molar-refractivity contribution in [3.05, 3.63) is 29.8 Å². The molecule has 1 fully saturated rings. The maximum Gasteiger partial charge on any atom is 0.0681 e. The summed E-state index contributed by atoms with van der Waals surface area (Å²) in [7, 11) is 0. The van der Waals surface area contributed by atoms with Crippen LogP contribution < -0.4 is 4.90 Å². The number of rotatable bonds is 3. The topological polar surface area (TPSA) is 43.7 Å². The van der Waals surface area contributed by atoms with E-state index < -0.39 is 0 Å². The first-order valence-electron chi connectivity index (χ1n) is 5.83. The lowest BCUT2D eigenvalue weighted by Crippen LogP contribution is -2.23. The van der Waals surface area contributed by atoms with Crippen LogP contribution in [0.25, 0.3) is 0 Å². The third-order valence-corrected chi connectivity index (χ3v) is 3.39. The summed E-state index contributed by atoms with van der Waals surface area (Å²) in [5.74, 6) is 0.387. The molecule has 1 aromatic rings. The van der Waals surface area contributed by atoms with Crippen molar-refractivity contribution in [1.82, 2.24) is 0 Å². The minimum atomic E-state index is -0.221. The van der Waals surface area contributed by atoms with Gasteiger partial charge in [0.15, 0.2) is 0 Å². The van der Waals surface area contributed by atoms with Gasteiger partial charge in [0.05, 0.1) is 12.7 Å².